The van der Waals surface area contributed by atoms with Crippen LogP contribution in [0.1, 0.15) is 12.5 Å². The fourth-order valence-corrected chi connectivity index (χ4v) is 1.92. The standard InChI is InChI=1S/C12H14BrN3O/c1-2-16-8-10(7-15-16)14-6-9-3-4-12(17)11(13)5-9/h3-5,7-8,14,17H,2,6H2,1H3. The van der Waals surface area contributed by atoms with Gasteiger partial charge in [0.05, 0.1) is 16.4 Å². The summed E-state index contributed by atoms with van der Waals surface area (Å²) in [5, 5.41) is 16.8. The van der Waals surface area contributed by atoms with Gasteiger partial charge >= 0.3 is 0 Å². The van der Waals surface area contributed by atoms with Crippen LogP contribution in [0.5, 0.6) is 5.75 Å². The Balaban J connectivity index is 1.99. The van der Waals surface area contributed by atoms with E-state index < -0.39 is 0 Å². The monoisotopic (exact) mass is 295 g/mol. The SMILES string of the molecule is CCn1cc(NCc2ccc(O)c(Br)c2)cn1. The third-order valence-corrected chi connectivity index (χ3v) is 3.10. The Morgan fingerprint density at radius 1 is 1.47 bits per heavy atom. The number of phenols is 1. The lowest BCUT2D eigenvalue weighted by Gasteiger charge is -2.05. The zero-order valence-corrected chi connectivity index (χ0v) is 11.1. The highest BCUT2D eigenvalue weighted by atomic mass is 79.9. The Hall–Kier alpha value is -1.49. The molecule has 90 valence electrons. The summed E-state index contributed by atoms with van der Waals surface area (Å²) in [7, 11) is 0. The van der Waals surface area contributed by atoms with Gasteiger partial charge in [0.2, 0.25) is 0 Å². The number of nitrogens with one attached hydrogen (secondary N) is 1. The maximum atomic E-state index is 9.38. The van der Waals surface area contributed by atoms with Crippen LogP contribution in [0.3, 0.4) is 0 Å². The lowest BCUT2D eigenvalue weighted by Crippen LogP contribution is -1.98. The largest absolute Gasteiger partial charge is 0.507 e. The fraction of sp³-hybridized carbons (Fsp3) is 0.250. The van der Waals surface area contributed by atoms with Gasteiger partial charge in [-0.2, -0.15) is 5.10 Å². The van der Waals surface area contributed by atoms with Crippen LogP contribution in [0.4, 0.5) is 5.69 Å². The second-order valence-corrected chi connectivity index (χ2v) is 4.58. The van der Waals surface area contributed by atoms with E-state index in [0.717, 1.165) is 17.8 Å². The van der Waals surface area contributed by atoms with Crippen LogP contribution in [0.15, 0.2) is 35.1 Å². The van der Waals surface area contributed by atoms with E-state index in [9.17, 15) is 5.11 Å². The molecule has 0 radical (unpaired) electrons. The van der Waals surface area contributed by atoms with Crippen molar-refractivity contribution in [1.82, 2.24) is 9.78 Å². The number of anilines is 1. The second kappa shape index (κ2) is 5.23. The average molecular weight is 296 g/mol. The van der Waals surface area contributed by atoms with Gasteiger partial charge in [-0.3, -0.25) is 4.68 Å². The minimum atomic E-state index is 0.257. The van der Waals surface area contributed by atoms with Gasteiger partial charge < -0.3 is 10.4 Å². The summed E-state index contributed by atoms with van der Waals surface area (Å²) in [5.41, 5.74) is 2.09. The first-order valence-electron chi connectivity index (χ1n) is 5.42. The summed E-state index contributed by atoms with van der Waals surface area (Å²) in [6.07, 6.45) is 3.77. The van der Waals surface area contributed by atoms with Crippen molar-refractivity contribution in [3.8, 4) is 5.75 Å². The molecule has 0 aliphatic rings. The normalized spacial score (nSPS) is 10.5. The Labute approximate surface area is 108 Å². The van der Waals surface area contributed by atoms with Crippen LogP contribution in [0.2, 0.25) is 0 Å². The zero-order chi connectivity index (χ0) is 12.3. The van der Waals surface area contributed by atoms with Gasteiger partial charge in [-0.15, -0.1) is 0 Å². The van der Waals surface area contributed by atoms with Gasteiger partial charge in [-0.1, -0.05) is 6.07 Å². The molecule has 0 unspecified atom stereocenters. The molecule has 0 aliphatic carbocycles. The molecule has 0 atom stereocenters. The van der Waals surface area contributed by atoms with E-state index in [2.05, 4.69) is 26.3 Å². The average Bonchev–Trinajstić information content (AvgIpc) is 2.79. The molecular weight excluding hydrogens is 282 g/mol. The van der Waals surface area contributed by atoms with E-state index in [1.165, 1.54) is 0 Å². The Kier molecular flexibility index (Phi) is 3.68. The topological polar surface area (TPSA) is 50.1 Å². The summed E-state index contributed by atoms with van der Waals surface area (Å²) in [4.78, 5) is 0. The van der Waals surface area contributed by atoms with Crippen molar-refractivity contribution in [3.05, 3.63) is 40.6 Å². The number of nitrogens with zero attached hydrogens (tertiary/aromatic N) is 2. The van der Waals surface area contributed by atoms with E-state index in [1.54, 1.807) is 12.3 Å². The van der Waals surface area contributed by atoms with Crippen LogP contribution in [-0.4, -0.2) is 14.9 Å². The van der Waals surface area contributed by atoms with E-state index in [-0.39, 0.29) is 5.75 Å². The van der Waals surface area contributed by atoms with Crippen LogP contribution >= 0.6 is 15.9 Å². The minimum Gasteiger partial charge on any atom is -0.507 e. The highest BCUT2D eigenvalue weighted by Gasteiger charge is 2.01. The van der Waals surface area contributed by atoms with Gasteiger partial charge in [-0.05, 0) is 40.5 Å². The summed E-state index contributed by atoms with van der Waals surface area (Å²) >= 11 is 3.29. The fourth-order valence-electron chi connectivity index (χ4n) is 1.49. The van der Waals surface area contributed by atoms with Crippen molar-refractivity contribution in [2.75, 3.05) is 5.32 Å². The van der Waals surface area contributed by atoms with Crippen LogP contribution < -0.4 is 5.32 Å². The first-order valence-corrected chi connectivity index (χ1v) is 6.22. The number of halogens is 1. The Morgan fingerprint density at radius 2 is 2.29 bits per heavy atom. The van der Waals surface area contributed by atoms with E-state index >= 15 is 0 Å². The molecule has 4 nitrogen and oxygen atoms in total. The summed E-state index contributed by atoms with van der Waals surface area (Å²) in [5.74, 6) is 0.257. The smallest absolute Gasteiger partial charge is 0.129 e. The predicted molar refractivity (Wildman–Crippen MR) is 71.0 cm³/mol. The number of hydrogen-bond donors (Lipinski definition) is 2. The van der Waals surface area contributed by atoms with Gasteiger partial charge in [0.15, 0.2) is 0 Å². The number of hydrogen-bond acceptors (Lipinski definition) is 3. The molecule has 5 heteroatoms. The number of rotatable bonds is 4. The predicted octanol–water partition coefficient (Wildman–Crippen LogP) is 2.98. The maximum absolute atomic E-state index is 9.38. The second-order valence-electron chi connectivity index (χ2n) is 3.72. The summed E-state index contributed by atoms with van der Waals surface area (Å²) in [6, 6.07) is 5.46. The Bertz CT molecular complexity index is 510. The minimum absolute atomic E-state index is 0.257. The molecule has 0 bridgehead atoms. The molecule has 17 heavy (non-hydrogen) atoms. The molecule has 1 heterocycles. The molecule has 2 aromatic rings. The van der Waals surface area contributed by atoms with Crippen LogP contribution in [-0.2, 0) is 13.1 Å². The molecule has 0 aliphatic heterocycles. The number of aromatic hydroxyl groups is 1. The maximum Gasteiger partial charge on any atom is 0.129 e. The van der Waals surface area contributed by atoms with E-state index in [0.29, 0.717) is 11.0 Å². The molecule has 1 aromatic carbocycles. The summed E-state index contributed by atoms with van der Waals surface area (Å²) in [6.45, 7) is 3.62. The molecular formula is C12H14BrN3O. The van der Waals surface area contributed by atoms with Gasteiger partial charge in [-0.25, -0.2) is 0 Å². The lowest BCUT2D eigenvalue weighted by atomic mass is 10.2. The van der Waals surface area contributed by atoms with Crippen molar-refractivity contribution in [1.29, 1.82) is 0 Å². The number of aryl methyl sites for hydroxylation is 1. The molecule has 1 aromatic heterocycles. The lowest BCUT2D eigenvalue weighted by molar-refractivity contribution is 0.471. The van der Waals surface area contributed by atoms with Crippen molar-refractivity contribution in [2.24, 2.45) is 0 Å². The van der Waals surface area contributed by atoms with Crippen LogP contribution in [0.25, 0.3) is 0 Å². The number of phenolic OH excluding ortho intramolecular Hbond substituents is 1. The third kappa shape index (κ3) is 3.00. The van der Waals surface area contributed by atoms with Gasteiger partial charge in [0.1, 0.15) is 5.75 Å². The first kappa shape index (κ1) is 12.0. The van der Waals surface area contributed by atoms with Crippen molar-refractivity contribution >= 4 is 21.6 Å². The van der Waals surface area contributed by atoms with Crippen molar-refractivity contribution < 1.29 is 5.11 Å². The number of benzene rings is 1. The molecule has 2 rings (SSSR count). The van der Waals surface area contributed by atoms with Crippen molar-refractivity contribution in [3.63, 3.8) is 0 Å². The van der Waals surface area contributed by atoms with Crippen molar-refractivity contribution in [2.45, 2.75) is 20.0 Å². The van der Waals surface area contributed by atoms with Gasteiger partial charge in [0.25, 0.3) is 0 Å². The van der Waals surface area contributed by atoms with Gasteiger partial charge in [0, 0.05) is 19.3 Å². The van der Waals surface area contributed by atoms with Crippen LogP contribution in [0, 0.1) is 0 Å². The molecule has 0 saturated carbocycles. The molecule has 0 saturated heterocycles. The molecule has 0 fully saturated rings. The zero-order valence-electron chi connectivity index (χ0n) is 9.52. The highest BCUT2D eigenvalue weighted by molar-refractivity contribution is 9.10. The third-order valence-electron chi connectivity index (χ3n) is 2.47. The summed E-state index contributed by atoms with van der Waals surface area (Å²) < 4.78 is 2.58. The molecule has 2 N–H and O–H groups in total. The first-order chi connectivity index (χ1) is 8.19. The highest BCUT2D eigenvalue weighted by Crippen LogP contribution is 2.24. The van der Waals surface area contributed by atoms with E-state index in [1.807, 2.05) is 29.9 Å². The number of aromatic nitrogens is 2. The molecule has 0 amide bonds. The molecule has 0 spiro atoms. The van der Waals surface area contributed by atoms with E-state index in [4.69, 9.17) is 0 Å². The quantitative estimate of drug-likeness (QED) is 0.912. The Morgan fingerprint density at radius 3 is 2.94 bits per heavy atom.